The molecule has 2 amide bonds. The fraction of sp³-hybridized carbons (Fsp3) is 0.300. The third-order valence-corrected chi connectivity index (χ3v) is 5.33. The van der Waals surface area contributed by atoms with Gasteiger partial charge in [0.1, 0.15) is 11.2 Å². The highest BCUT2D eigenvalue weighted by Crippen LogP contribution is 2.32. The second kappa shape index (κ2) is 9.32. The highest BCUT2D eigenvalue weighted by Gasteiger charge is 2.35. The van der Waals surface area contributed by atoms with Crippen molar-refractivity contribution < 1.29 is 9.59 Å². The molecular weight excluding hydrogens is 493 g/mol. The maximum absolute atomic E-state index is 13.2. The molecule has 7 nitrogen and oxygen atoms in total. The van der Waals surface area contributed by atoms with Crippen LogP contribution < -0.4 is 15.6 Å². The third kappa shape index (κ3) is 4.94. The van der Waals surface area contributed by atoms with Gasteiger partial charge in [0.25, 0.3) is 5.91 Å². The third-order valence-electron chi connectivity index (χ3n) is 4.34. The standard InChI is InChI=1S/C20H20BrCl2N5O2/c1-10(2)25-19(29)13-8-12(21)7-11(3)17(13)26-20(30)15-9-16(23)27-28(15)18-14(22)5-4-6-24-18/h4-8,10,15H,9H2,1-3H3,(H,25,29)(H,26,30). The summed E-state index contributed by atoms with van der Waals surface area (Å²) in [4.78, 5) is 30.1. The van der Waals surface area contributed by atoms with Crippen molar-refractivity contribution in [2.24, 2.45) is 5.10 Å². The van der Waals surface area contributed by atoms with E-state index >= 15 is 0 Å². The number of hydrazone groups is 1. The quantitative estimate of drug-likeness (QED) is 0.607. The van der Waals surface area contributed by atoms with E-state index in [4.69, 9.17) is 23.2 Å². The number of nitrogens with zero attached hydrogens (tertiary/aromatic N) is 3. The smallest absolute Gasteiger partial charge is 0.253 e. The second-order valence-electron chi connectivity index (χ2n) is 7.11. The van der Waals surface area contributed by atoms with Crippen molar-refractivity contribution in [3.63, 3.8) is 0 Å². The molecule has 0 aliphatic carbocycles. The van der Waals surface area contributed by atoms with E-state index in [0.717, 1.165) is 10.0 Å². The highest BCUT2D eigenvalue weighted by atomic mass is 79.9. The number of halogens is 3. The first-order valence-corrected chi connectivity index (χ1v) is 10.8. The number of hydrogen-bond donors (Lipinski definition) is 2. The topological polar surface area (TPSA) is 86.7 Å². The molecule has 0 bridgehead atoms. The van der Waals surface area contributed by atoms with Crippen molar-refractivity contribution in [2.45, 2.75) is 39.3 Å². The molecule has 1 aliphatic rings. The molecule has 0 spiro atoms. The summed E-state index contributed by atoms with van der Waals surface area (Å²) in [6, 6.07) is 6.04. The predicted octanol–water partition coefficient (Wildman–Crippen LogP) is 4.71. The zero-order valence-electron chi connectivity index (χ0n) is 16.5. The second-order valence-corrected chi connectivity index (χ2v) is 8.87. The summed E-state index contributed by atoms with van der Waals surface area (Å²) in [5, 5.41) is 12.0. The number of pyridine rings is 1. The Morgan fingerprint density at radius 1 is 1.30 bits per heavy atom. The van der Waals surface area contributed by atoms with E-state index in [1.54, 1.807) is 24.4 Å². The zero-order valence-corrected chi connectivity index (χ0v) is 19.6. The normalized spacial score (nSPS) is 15.9. The van der Waals surface area contributed by atoms with E-state index in [-0.39, 0.29) is 29.4 Å². The van der Waals surface area contributed by atoms with Crippen LogP contribution in [0.2, 0.25) is 5.02 Å². The van der Waals surface area contributed by atoms with Crippen LogP contribution in [0.1, 0.15) is 36.2 Å². The summed E-state index contributed by atoms with van der Waals surface area (Å²) >= 11 is 15.8. The lowest BCUT2D eigenvalue weighted by atomic mass is 10.1. The number of carbonyl (C=O) groups excluding carboxylic acids is 2. The fourth-order valence-corrected chi connectivity index (χ4v) is 4.06. The Morgan fingerprint density at radius 2 is 2.03 bits per heavy atom. The molecular formula is C20H20BrCl2N5O2. The summed E-state index contributed by atoms with van der Waals surface area (Å²) in [7, 11) is 0. The molecule has 0 saturated heterocycles. The Labute approximate surface area is 193 Å². The zero-order chi connectivity index (χ0) is 22.0. The minimum Gasteiger partial charge on any atom is -0.350 e. The van der Waals surface area contributed by atoms with Crippen LogP contribution in [0, 0.1) is 6.92 Å². The van der Waals surface area contributed by atoms with Gasteiger partial charge in [0.15, 0.2) is 5.82 Å². The minimum atomic E-state index is -0.756. The van der Waals surface area contributed by atoms with Gasteiger partial charge in [-0.25, -0.2) is 9.99 Å². The van der Waals surface area contributed by atoms with Crippen LogP contribution in [-0.4, -0.2) is 34.1 Å². The van der Waals surface area contributed by atoms with E-state index in [1.807, 2.05) is 26.8 Å². The van der Waals surface area contributed by atoms with Crippen molar-refractivity contribution in [1.29, 1.82) is 0 Å². The molecule has 0 fully saturated rings. The van der Waals surface area contributed by atoms with Crippen molar-refractivity contribution in [3.05, 3.63) is 51.1 Å². The van der Waals surface area contributed by atoms with E-state index in [2.05, 4.69) is 36.6 Å². The van der Waals surface area contributed by atoms with Crippen LogP contribution in [0.25, 0.3) is 0 Å². The summed E-state index contributed by atoms with van der Waals surface area (Å²) in [5.74, 6) is -0.324. The Bertz CT molecular complexity index is 1030. The summed E-state index contributed by atoms with van der Waals surface area (Å²) in [6.07, 6.45) is 1.76. The molecule has 2 heterocycles. The van der Waals surface area contributed by atoms with Crippen LogP contribution in [0.5, 0.6) is 0 Å². The van der Waals surface area contributed by atoms with E-state index < -0.39 is 6.04 Å². The molecule has 1 unspecified atom stereocenters. The maximum atomic E-state index is 13.2. The predicted molar refractivity (Wildman–Crippen MR) is 124 cm³/mol. The van der Waals surface area contributed by atoms with Gasteiger partial charge < -0.3 is 10.6 Å². The van der Waals surface area contributed by atoms with Crippen LogP contribution in [0.15, 0.2) is 40.0 Å². The van der Waals surface area contributed by atoms with E-state index in [1.165, 1.54) is 5.01 Å². The van der Waals surface area contributed by atoms with Gasteiger partial charge in [0.05, 0.1) is 16.3 Å². The molecule has 0 radical (unpaired) electrons. The lowest BCUT2D eigenvalue weighted by Crippen LogP contribution is -2.40. The molecule has 10 heteroatoms. The first-order chi connectivity index (χ1) is 14.2. The number of nitrogens with one attached hydrogen (secondary N) is 2. The molecule has 2 aromatic rings. The number of amides is 2. The molecule has 1 atom stereocenters. The van der Waals surface area contributed by atoms with Gasteiger partial charge in [-0.15, -0.1) is 0 Å². The average molecular weight is 513 g/mol. The van der Waals surface area contributed by atoms with Crippen molar-refractivity contribution in [2.75, 3.05) is 10.3 Å². The number of rotatable bonds is 5. The average Bonchev–Trinajstić information content (AvgIpc) is 3.05. The number of benzene rings is 1. The Hall–Kier alpha value is -2.16. The van der Waals surface area contributed by atoms with E-state index in [0.29, 0.717) is 22.1 Å². The van der Waals surface area contributed by atoms with Crippen LogP contribution in [0.3, 0.4) is 0 Å². The van der Waals surface area contributed by atoms with E-state index in [9.17, 15) is 9.59 Å². The van der Waals surface area contributed by atoms with Crippen LogP contribution in [0.4, 0.5) is 11.5 Å². The Morgan fingerprint density at radius 3 is 2.70 bits per heavy atom. The van der Waals surface area contributed by atoms with Crippen molar-refractivity contribution in [3.8, 4) is 0 Å². The van der Waals surface area contributed by atoms with Crippen LogP contribution >= 0.6 is 39.1 Å². The minimum absolute atomic E-state index is 0.0517. The Balaban J connectivity index is 1.92. The Kier molecular flexibility index (Phi) is 7.00. The van der Waals surface area contributed by atoms with Crippen molar-refractivity contribution in [1.82, 2.24) is 10.3 Å². The first-order valence-electron chi connectivity index (χ1n) is 9.22. The molecule has 158 valence electrons. The molecule has 30 heavy (non-hydrogen) atoms. The van der Waals surface area contributed by atoms with Gasteiger partial charge in [0.2, 0.25) is 5.91 Å². The van der Waals surface area contributed by atoms with Crippen LogP contribution in [-0.2, 0) is 4.79 Å². The SMILES string of the molecule is Cc1cc(Br)cc(C(=O)NC(C)C)c1NC(=O)C1CC(Cl)=NN1c1ncccc1Cl. The molecule has 1 aromatic carbocycles. The summed E-state index contributed by atoms with van der Waals surface area (Å²) < 4.78 is 0.737. The summed E-state index contributed by atoms with van der Waals surface area (Å²) in [6.45, 7) is 5.55. The largest absolute Gasteiger partial charge is 0.350 e. The first kappa shape index (κ1) is 22.5. The molecule has 2 N–H and O–H groups in total. The molecule has 1 aromatic heterocycles. The lowest BCUT2D eigenvalue weighted by molar-refractivity contribution is -0.117. The van der Waals surface area contributed by atoms with Gasteiger partial charge in [-0.2, -0.15) is 5.10 Å². The number of anilines is 2. The maximum Gasteiger partial charge on any atom is 0.253 e. The summed E-state index contributed by atoms with van der Waals surface area (Å²) in [5.41, 5.74) is 1.52. The van der Waals surface area contributed by atoms with Gasteiger partial charge >= 0.3 is 0 Å². The van der Waals surface area contributed by atoms with Crippen molar-refractivity contribution >= 4 is 67.6 Å². The molecule has 1 aliphatic heterocycles. The highest BCUT2D eigenvalue weighted by molar-refractivity contribution is 9.10. The monoisotopic (exact) mass is 511 g/mol. The lowest BCUT2D eigenvalue weighted by Gasteiger charge is -2.23. The van der Waals surface area contributed by atoms with Gasteiger partial charge in [0, 0.05) is 23.1 Å². The fourth-order valence-electron chi connectivity index (χ4n) is 3.05. The molecule has 0 saturated carbocycles. The molecule has 3 rings (SSSR count). The van der Waals surface area contributed by atoms with Gasteiger partial charge in [-0.3, -0.25) is 9.59 Å². The number of hydrogen-bond acceptors (Lipinski definition) is 5. The number of aromatic nitrogens is 1. The van der Waals surface area contributed by atoms with Gasteiger partial charge in [-0.05, 0) is 50.6 Å². The number of carbonyl (C=O) groups is 2. The van der Waals surface area contributed by atoms with Gasteiger partial charge in [-0.1, -0.05) is 39.1 Å². The number of aryl methyl sites for hydroxylation is 1.